The lowest BCUT2D eigenvalue weighted by Gasteiger charge is -2.25. The number of nitrogens with one attached hydrogen (secondary N) is 1. The lowest BCUT2D eigenvalue weighted by atomic mass is 9.83. The summed E-state index contributed by atoms with van der Waals surface area (Å²) in [6.45, 7) is 2.16. The quantitative estimate of drug-likeness (QED) is 0.796. The summed E-state index contributed by atoms with van der Waals surface area (Å²) in [4.78, 5) is 9.14. The second-order valence-electron chi connectivity index (χ2n) is 4.66. The molecule has 0 bridgehead atoms. The molecule has 1 atom stereocenters. The summed E-state index contributed by atoms with van der Waals surface area (Å²) in [5.74, 6) is 2.33. The fourth-order valence-corrected chi connectivity index (χ4v) is 2.39. The Morgan fingerprint density at radius 1 is 1.20 bits per heavy atom. The lowest BCUT2D eigenvalue weighted by molar-refractivity contribution is 0.408. The van der Waals surface area contributed by atoms with Crippen molar-refractivity contribution in [2.24, 2.45) is 0 Å². The van der Waals surface area contributed by atoms with Gasteiger partial charge in [-0.2, -0.15) is 0 Å². The number of rotatable bonds is 2. The normalized spacial score (nSPS) is 26.5. The third-order valence-electron chi connectivity index (χ3n) is 3.64. The van der Waals surface area contributed by atoms with Crippen LogP contribution in [0.4, 0.5) is 0 Å². The van der Waals surface area contributed by atoms with E-state index in [1.165, 1.54) is 31.4 Å². The Hall–Kier alpha value is -0.960. The largest absolute Gasteiger partial charge is 0.316 e. The molecule has 1 aliphatic carbocycles. The van der Waals surface area contributed by atoms with Crippen LogP contribution in [0.3, 0.4) is 0 Å². The van der Waals surface area contributed by atoms with Crippen molar-refractivity contribution < 1.29 is 0 Å². The molecule has 2 heterocycles. The van der Waals surface area contributed by atoms with Crippen LogP contribution in [0.2, 0.25) is 0 Å². The summed E-state index contributed by atoms with van der Waals surface area (Å²) in [5, 5.41) is 3.37. The predicted molar refractivity (Wildman–Crippen MR) is 58.9 cm³/mol. The van der Waals surface area contributed by atoms with Crippen LogP contribution in [0.5, 0.6) is 0 Å². The van der Waals surface area contributed by atoms with Gasteiger partial charge in [0.2, 0.25) is 0 Å². The second-order valence-corrected chi connectivity index (χ2v) is 4.66. The second kappa shape index (κ2) is 3.89. The number of hydrogen-bond acceptors (Lipinski definition) is 3. The van der Waals surface area contributed by atoms with Gasteiger partial charge in [0, 0.05) is 30.3 Å². The Morgan fingerprint density at radius 3 is 2.80 bits per heavy atom. The third kappa shape index (κ3) is 1.76. The predicted octanol–water partition coefficient (Wildman–Crippen LogP) is 1.82. The Balaban J connectivity index is 1.81. The number of nitrogens with zero attached hydrogens (tertiary/aromatic N) is 2. The third-order valence-corrected chi connectivity index (χ3v) is 3.64. The van der Waals surface area contributed by atoms with E-state index in [4.69, 9.17) is 4.98 Å². The summed E-state index contributed by atoms with van der Waals surface area (Å²) in [5.41, 5.74) is 1.28. The molecule has 80 valence electrons. The molecule has 3 heteroatoms. The van der Waals surface area contributed by atoms with Crippen molar-refractivity contribution in [3.63, 3.8) is 0 Å². The van der Waals surface area contributed by atoms with Crippen LogP contribution in [0.15, 0.2) is 12.3 Å². The molecule has 1 saturated heterocycles. The van der Waals surface area contributed by atoms with Gasteiger partial charge in [0.1, 0.15) is 5.82 Å². The van der Waals surface area contributed by atoms with E-state index in [0.717, 1.165) is 24.8 Å². The summed E-state index contributed by atoms with van der Waals surface area (Å²) < 4.78 is 0. The van der Waals surface area contributed by atoms with Gasteiger partial charge in [-0.15, -0.1) is 0 Å². The first-order chi connectivity index (χ1) is 7.43. The molecule has 0 spiro atoms. The first-order valence-corrected chi connectivity index (χ1v) is 5.97. The van der Waals surface area contributed by atoms with Gasteiger partial charge in [-0.1, -0.05) is 6.42 Å². The summed E-state index contributed by atoms with van der Waals surface area (Å²) in [6.07, 6.45) is 7.14. The van der Waals surface area contributed by atoms with E-state index in [-0.39, 0.29) is 0 Å². The molecule has 2 fully saturated rings. The molecule has 3 rings (SSSR count). The highest BCUT2D eigenvalue weighted by molar-refractivity contribution is 5.13. The fourth-order valence-electron chi connectivity index (χ4n) is 2.39. The highest BCUT2D eigenvalue weighted by Gasteiger charge is 2.24. The van der Waals surface area contributed by atoms with Crippen molar-refractivity contribution in [1.29, 1.82) is 0 Å². The van der Waals surface area contributed by atoms with Gasteiger partial charge in [-0.3, -0.25) is 0 Å². The lowest BCUT2D eigenvalue weighted by Crippen LogP contribution is -2.14. The van der Waals surface area contributed by atoms with Crippen LogP contribution in [0.1, 0.15) is 49.0 Å². The molecule has 0 amide bonds. The van der Waals surface area contributed by atoms with Crippen LogP contribution in [0, 0.1) is 0 Å². The van der Waals surface area contributed by atoms with Gasteiger partial charge in [-0.05, 0) is 31.9 Å². The maximum atomic E-state index is 4.73. The van der Waals surface area contributed by atoms with Gasteiger partial charge in [0.05, 0.1) is 0 Å². The molecule has 1 N–H and O–H groups in total. The van der Waals surface area contributed by atoms with Gasteiger partial charge < -0.3 is 5.32 Å². The van der Waals surface area contributed by atoms with E-state index in [2.05, 4.69) is 16.4 Å². The van der Waals surface area contributed by atoms with Crippen molar-refractivity contribution in [3.05, 3.63) is 23.8 Å². The van der Waals surface area contributed by atoms with Gasteiger partial charge in [0.15, 0.2) is 0 Å². The van der Waals surface area contributed by atoms with Crippen LogP contribution >= 0.6 is 0 Å². The average Bonchev–Trinajstić information content (AvgIpc) is 2.68. The molecule has 1 aliphatic heterocycles. The average molecular weight is 203 g/mol. The van der Waals surface area contributed by atoms with Crippen molar-refractivity contribution in [3.8, 4) is 0 Å². The van der Waals surface area contributed by atoms with Crippen LogP contribution in [-0.2, 0) is 0 Å². The molecule has 1 unspecified atom stereocenters. The van der Waals surface area contributed by atoms with Crippen molar-refractivity contribution >= 4 is 0 Å². The minimum atomic E-state index is 0.546. The first kappa shape index (κ1) is 9.28. The number of hydrogen-bond donors (Lipinski definition) is 1. The minimum absolute atomic E-state index is 0.546. The zero-order valence-corrected chi connectivity index (χ0v) is 8.95. The Kier molecular flexibility index (Phi) is 2.41. The van der Waals surface area contributed by atoms with E-state index in [9.17, 15) is 0 Å². The molecule has 1 aromatic heterocycles. The topological polar surface area (TPSA) is 37.8 Å². The first-order valence-electron chi connectivity index (χ1n) is 5.97. The smallest absolute Gasteiger partial charge is 0.132 e. The van der Waals surface area contributed by atoms with Gasteiger partial charge in [-0.25, -0.2) is 9.97 Å². The summed E-state index contributed by atoms with van der Waals surface area (Å²) in [6, 6.07) is 2.09. The number of aromatic nitrogens is 2. The maximum absolute atomic E-state index is 4.73. The Bertz CT molecular complexity index is 340. The molecule has 15 heavy (non-hydrogen) atoms. The molecule has 1 aromatic rings. The fraction of sp³-hybridized carbons (Fsp3) is 0.667. The van der Waals surface area contributed by atoms with E-state index < -0.39 is 0 Å². The summed E-state index contributed by atoms with van der Waals surface area (Å²) in [7, 11) is 0. The molecule has 3 nitrogen and oxygen atoms in total. The van der Waals surface area contributed by atoms with E-state index in [0.29, 0.717) is 5.92 Å². The molecule has 0 aromatic carbocycles. The van der Waals surface area contributed by atoms with Crippen molar-refractivity contribution in [2.45, 2.75) is 37.5 Å². The van der Waals surface area contributed by atoms with Crippen LogP contribution in [-0.4, -0.2) is 23.1 Å². The molecule has 2 aliphatic rings. The van der Waals surface area contributed by atoms with Crippen molar-refractivity contribution in [1.82, 2.24) is 15.3 Å². The molecular weight excluding hydrogens is 186 g/mol. The van der Waals surface area contributed by atoms with Crippen LogP contribution < -0.4 is 5.32 Å². The zero-order valence-electron chi connectivity index (χ0n) is 8.95. The van der Waals surface area contributed by atoms with Gasteiger partial charge >= 0.3 is 0 Å². The molecule has 1 saturated carbocycles. The monoisotopic (exact) mass is 203 g/mol. The standard InChI is InChI=1S/C12H17N3/c1-2-9(3-1)11-5-7-14-12(15-11)10-4-6-13-8-10/h5,7,9-10,13H,1-4,6,8H2. The minimum Gasteiger partial charge on any atom is -0.316 e. The SMILES string of the molecule is c1cc(C2CCC2)nc(C2CCNC2)n1. The van der Waals surface area contributed by atoms with E-state index in [1.54, 1.807) is 0 Å². The highest BCUT2D eigenvalue weighted by Crippen LogP contribution is 2.35. The highest BCUT2D eigenvalue weighted by atomic mass is 15.0. The Morgan fingerprint density at radius 2 is 2.13 bits per heavy atom. The summed E-state index contributed by atoms with van der Waals surface area (Å²) >= 11 is 0. The van der Waals surface area contributed by atoms with Crippen LogP contribution in [0.25, 0.3) is 0 Å². The zero-order chi connectivity index (χ0) is 10.1. The van der Waals surface area contributed by atoms with Crippen molar-refractivity contribution in [2.75, 3.05) is 13.1 Å². The van der Waals surface area contributed by atoms with Gasteiger partial charge in [0.25, 0.3) is 0 Å². The maximum Gasteiger partial charge on any atom is 0.132 e. The molecular formula is C12H17N3. The van der Waals surface area contributed by atoms with E-state index >= 15 is 0 Å². The molecule has 0 radical (unpaired) electrons. The van der Waals surface area contributed by atoms with E-state index in [1.807, 2.05) is 6.20 Å². The Labute approximate surface area is 90.3 Å².